The number of benzene rings is 1. The van der Waals surface area contributed by atoms with E-state index in [1.165, 1.54) is 17.8 Å². The first-order chi connectivity index (χ1) is 8.50. The van der Waals surface area contributed by atoms with Crippen LogP contribution in [0.5, 0.6) is 0 Å². The summed E-state index contributed by atoms with van der Waals surface area (Å²) in [5.41, 5.74) is 5.42. The molecule has 1 aromatic carbocycles. The lowest BCUT2D eigenvalue weighted by Crippen LogP contribution is -2.35. The minimum absolute atomic E-state index is 0.0485. The molecule has 3 amide bonds. The van der Waals surface area contributed by atoms with E-state index in [4.69, 9.17) is 5.73 Å². The van der Waals surface area contributed by atoms with Gasteiger partial charge in [0.2, 0.25) is 5.91 Å². The molecule has 4 nitrogen and oxygen atoms in total. The highest BCUT2D eigenvalue weighted by atomic mass is 32.2. The molecule has 98 valence electrons. The van der Waals surface area contributed by atoms with E-state index in [0.29, 0.717) is 11.3 Å². The molecule has 0 bridgehead atoms. The molecule has 0 fully saturated rings. The van der Waals surface area contributed by atoms with Crippen molar-refractivity contribution in [3.63, 3.8) is 0 Å². The van der Waals surface area contributed by atoms with Gasteiger partial charge in [0.1, 0.15) is 5.82 Å². The molecule has 3 N–H and O–H groups in total. The van der Waals surface area contributed by atoms with Crippen molar-refractivity contribution in [1.82, 2.24) is 5.32 Å². The number of primary amides is 1. The van der Waals surface area contributed by atoms with E-state index >= 15 is 0 Å². The molecule has 1 atom stereocenters. The molecule has 0 aliphatic heterocycles. The first-order valence-electron chi connectivity index (χ1n) is 5.46. The molecule has 0 aliphatic carbocycles. The monoisotopic (exact) mass is 270 g/mol. The number of hydrogen-bond acceptors (Lipinski definition) is 3. The summed E-state index contributed by atoms with van der Waals surface area (Å²) >= 11 is 1.45. The Bertz CT molecular complexity index is 440. The molecule has 0 radical (unpaired) electrons. The van der Waals surface area contributed by atoms with Crippen molar-refractivity contribution in [2.45, 2.75) is 18.6 Å². The van der Waals surface area contributed by atoms with Crippen LogP contribution in [0.4, 0.5) is 9.18 Å². The first kappa shape index (κ1) is 14.5. The second-order valence-electron chi connectivity index (χ2n) is 3.70. The normalized spacial score (nSPS) is 11.9. The summed E-state index contributed by atoms with van der Waals surface area (Å²) in [6.07, 6.45) is 0.173. The van der Waals surface area contributed by atoms with Crippen LogP contribution < -0.4 is 11.1 Å². The zero-order valence-corrected chi connectivity index (χ0v) is 10.8. The third kappa shape index (κ3) is 4.75. The molecular weight excluding hydrogens is 255 g/mol. The number of imide groups is 1. The molecule has 0 aliphatic rings. The fraction of sp³-hybridized carbons (Fsp3) is 0.333. The SMILES string of the molecule is C[C@H](SCCC(=O)NC(N)=O)c1ccccc1F. The molecule has 1 aromatic rings. The van der Waals surface area contributed by atoms with Crippen LogP contribution in [0.2, 0.25) is 0 Å². The van der Waals surface area contributed by atoms with Gasteiger partial charge in [-0.3, -0.25) is 10.1 Å². The molecule has 6 heteroatoms. The van der Waals surface area contributed by atoms with Crippen LogP contribution in [0.1, 0.15) is 24.2 Å². The standard InChI is InChI=1S/C12H15FN2O2S/c1-8(9-4-2-3-5-10(9)13)18-7-6-11(16)15-12(14)17/h2-5,8H,6-7H2,1H3,(H3,14,15,16,17)/t8-/m0/s1. The van der Waals surface area contributed by atoms with Crippen LogP contribution in [-0.4, -0.2) is 17.7 Å². The lowest BCUT2D eigenvalue weighted by molar-refractivity contribution is -0.119. The predicted octanol–water partition coefficient (Wildman–Crippen LogP) is 2.20. The van der Waals surface area contributed by atoms with Gasteiger partial charge in [0, 0.05) is 23.0 Å². The Kier molecular flexibility index (Phi) is 5.64. The van der Waals surface area contributed by atoms with Gasteiger partial charge in [0.25, 0.3) is 0 Å². The van der Waals surface area contributed by atoms with Gasteiger partial charge in [-0.05, 0) is 13.0 Å². The molecule has 18 heavy (non-hydrogen) atoms. The number of rotatable bonds is 5. The Morgan fingerprint density at radius 3 is 2.72 bits per heavy atom. The number of thioether (sulfide) groups is 1. The number of halogens is 1. The van der Waals surface area contributed by atoms with Crippen LogP contribution in [-0.2, 0) is 4.79 Å². The number of urea groups is 1. The van der Waals surface area contributed by atoms with E-state index in [-0.39, 0.29) is 17.5 Å². The highest BCUT2D eigenvalue weighted by Gasteiger charge is 2.11. The summed E-state index contributed by atoms with van der Waals surface area (Å²) < 4.78 is 13.4. The second-order valence-corrected chi connectivity index (χ2v) is 5.15. The topological polar surface area (TPSA) is 72.2 Å². The summed E-state index contributed by atoms with van der Waals surface area (Å²) in [5.74, 6) is -0.177. The number of hydrogen-bond donors (Lipinski definition) is 2. The summed E-state index contributed by atoms with van der Waals surface area (Å²) in [6.45, 7) is 1.87. The van der Waals surface area contributed by atoms with E-state index in [9.17, 15) is 14.0 Å². The highest BCUT2D eigenvalue weighted by Crippen LogP contribution is 2.30. The van der Waals surface area contributed by atoms with Gasteiger partial charge >= 0.3 is 6.03 Å². The lowest BCUT2D eigenvalue weighted by Gasteiger charge is -2.12. The second kappa shape index (κ2) is 7.00. The van der Waals surface area contributed by atoms with Crippen LogP contribution >= 0.6 is 11.8 Å². The number of amides is 3. The molecule has 0 saturated carbocycles. The zero-order valence-electron chi connectivity index (χ0n) is 9.98. The van der Waals surface area contributed by atoms with Gasteiger partial charge in [-0.2, -0.15) is 11.8 Å². The van der Waals surface area contributed by atoms with E-state index in [0.717, 1.165) is 0 Å². The van der Waals surface area contributed by atoms with Crippen molar-refractivity contribution >= 4 is 23.7 Å². The van der Waals surface area contributed by atoms with E-state index < -0.39 is 11.9 Å². The maximum Gasteiger partial charge on any atom is 0.318 e. The van der Waals surface area contributed by atoms with E-state index in [1.807, 2.05) is 12.2 Å². The molecule has 0 unspecified atom stereocenters. The Hall–Kier alpha value is -1.56. The predicted molar refractivity (Wildman–Crippen MR) is 69.6 cm³/mol. The van der Waals surface area contributed by atoms with E-state index in [2.05, 4.69) is 0 Å². The lowest BCUT2D eigenvalue weighted by atomic mass is 10.1. The minimum atomic E-state index is -0.854. The summed E-state index contributed by atoms with van der Waals surface area (Å²) in [4.78, 5) is 21.5. The molecule has 0 heterocycles. The molecule has 0 saturated heterocycles. The molecule has 0 aromatic heterocycles. The van der Waals surface area contributed by atoms with Crippen molar-refractivity contribution in [3.8, 4) is 0 Å². The number of carbonyl (C=O) groups excluding carboxylic acids is 2. The van der Waals surface area contributed by atoms with Crippen LogP contribution in [0, 0.1) is 5.82 Å². The quantitative estimate of drug-likeness (QED) is 0.861. The summed E-state index contributed by atoms with van der Waals surface area (Å²) in [7, 11) is 0. The third-order valence-electron chi connectivity index (χ3n) is 2.30. The molecule has 1 rings (SSSR count). The smallest absolute Gasteiger partial charge is 0.318 e. The van der Waals surface area contributed by atoms with Crippen molar-refractivity contribution < 1.29 is 14.0 Å². The average Bonchev–Trinajstić information content (AvgIpc) is 2.28. The fourth-order valence-electron chi connectivity index (χ4n) is 1.42. The van der Waals surface area contributed by atoms with Crippen molar-refractivity contribution in [1.29, 1.82) is 0 Å². The Morgan fingerprint density at radius 1 is 1.44 bits per heavy atom. The Labute approximate surface area is 109 Å². The van der Waals surface area contributed by atoms with Gasteiger partial charge in [0.05, 0.1) is 0 Å². The average molecular weight is 270 g/mol. The fourth-order valence-corrected chi connectivity index (χ4v) is 2.45. The largest absolute Gasteiger partial charge is 0.351 e. The van der Waals surface area contributed by atoms with Crippen molar-refractivity contribution in [2.24, 2.45) is 5.73 Å². The van der Waals surface area contributed by atoms with Gasteiger partial charge < -0.3 is 5.73 Å². The Morgan fingerprint density at radius 2 is 2.11 bits per heavy atom. The maximum atomic E-state index is 13.4. The molecular formula is C12H15FN2O2S. The van der Waals surface area contributed by atoms with Crippen molar-refractivity contribution in [3.05, 3.63) is 35.6 Å². The summed E-state index contributed by atoms with van der Waals surface area (Å²) in [6, 6.07) is 5.68. The highest BCUT2D eigenvalue weighted by molar-refractivity contribution is 7.99. The first-order valence-corrected chi connectivity index (χ1v) is 6.51. The van der Waals surface area contributed by atoms with Crippen molar-refractivity contribution in [2.75, 3.05) is 5.75 Å². The van der Waals surface area contributed by atoms with Gasteiger partial charge in [-0.1, -0.05) is 18.2 Å². The molecule has 0 spiro atoms. The number of nitrogens with two attached hydrogens (primary N) is 1. The zero-order chi connectivity index (χ0) is 13.5. The van der Waals surface area contributed by atoms with E-state index in [1.54, 1.807) is 18.2 Å². The minimum Gasteiger partial charge on any atom is -0.351 e. The van der Waals surface area contributed by atoms with Crippen LogP contribution in [0.3, 0.4) is 0 Å². The Balaban J connectivity index is 2.38. The third-order valence-corrected chi connectivity index (χ3v) is 3.50. The van der Waals surface area contributed by atoms with Gasteiger partial charge in [-0.25, -0.2) is 9.18 Å². The van der Waals surface area contributed by atoms with Gasteiger partial charge in [0.15, 0.2) is 0 Å². The van der Waals surface area contributed by atoms with Crippen LogP contribution in [0.15, 0.2) is 24.3 Å². The number of carbonyl (C=O) groups is 2. The van der Waals surface area contributed by atoms with Gasteiger partial charge in [-0.15, -0.1) is 0 Å². The summed E-state index contributed by atoms with van der Waals surface area (Å²) in [5, 5.41) is 1.93. The maximum absolute atomic E-state index is 13.4. The van der Waals surface area contributed by atoms with Crippen LogP contribution in [0.25, 0.3) is 0 Å². The number of nitrogens with one attached hydrogen (secondary N) is 1.